The molecule has 2 aromatic heterocycles. The average molecular weight is 407 g/mol. The van der Waals surface area contributed by atoms with E-state index in [1.807, 2.05) is 73.8 Å². The second kappa shape index (κ2) is 7.91. The first-order chi connectivity index (χ1) is 15.2. The molecule has 0 radical (unpaired) electrons. The standard InChI is InChI=1S/C25H21N5O/c1-17-8-12-19(13-9-17)27-24-22-16-26-30(2)25(22)29-23(28-24)18-10-14-21(15-11-18)31-20-6-4-3-5-7-20/h3-16H,1-2H3,(H,27,28,29). The summed E-state index contributed by atoms with van der Waals surface area (Å²) in [5, 5.41) is 8.65. The molecule has 0 bridgehead atoms. The number of nitrogens with zero attached hydrogens (tertiary/aromatic N) is 4. The molecule has 152 valence electrons. The van der Waals surface area contributed by atoms with Gasteiger partial charge in [0.05, 0.1) is 11.6 Å². The second-order valence-corrected chi connectivity index (χ2v) is 7.33. The van der Waals surface area contributed by atoms with Gasteiger partial charge in [0.25, 0.3) is 0 Å². The van der Waals surface area contributed by atoms with E-state index in [9.17, 15) is 0 Å². The van der Waals surface area contributed by atoms with E-state index in [0.717, 1.165) is 39.6 Å². The number of rotatable bonds is 5. The molecule has 0 atom stereocenters. The molecule has 5 rings (SSSR count). The van der Waals surface area contributed by atoms with Crippen molar-refractivity contribution in [1.82, 2.24) is 19.7 Å². The zero-order chi connectivity index (χ0) is 21.2. The number of aryl methyl sites for hydroxylation is 2. The van der Waals surface area contributed by atoms with Crippen LogP contribution >= 0.6 is 0 Å². The van der Waals surface area contributed by atoms with Crippen LogP contribution in [0.4, 0.5) is 11.5 Å². The molecule has 0 aliphatic carbocycles. The molecule has 0 saturated heterocycles. The fourth-order valence-corrected chi connectivity index (χ4v) is 3.32. The van der Waals surface area contributed by atoms with Gasteiger partial charge in [-0.1, -0.05) is 35.9 Å². The Hall–Kier alpha value is -4.19. The van der Waals surface area contributed by atoms with E-state index in [1.54, 1.807) is 10.9 Å². The number of ether oxygens (including phenoxy) is 1. The van der Waals surface area contributed by atoms with Crippen LogP contribution in [0.5, 0.6) is 11.5 Å². The van der Waals surface area contributed by atoms with Crippen LogP contribution in [-0.2, 0) is 7.05 Å². The van der Waals surface area contributed by atoms with Gasteiger partial charge >= 0.3 is 0 Å². The van der Waals surface area contributed by atoms with E-state index in [2.05, 4.69) is 29.5 Å². The molecule has 1 N–H and O–H groups in total. The van der Waals surface area contributed by atoms with Gasteiger partial charge in [-0.25, -0.2) is 9.97 Å². The third-order valence-corrected chi connectivity index (χ3v) is 5.00. The number of fused-ring (bicyclic) bond motifs is 1. The molecule has 31 heavy (non-hydrogen) atoms. The van der Waals surface area contributed by atoms with Crippen LogP contribution in [0.15, 0.2) is 85.1 Å². The summed E-state index contributed by atoms with van der Waals surface area (Å²) >= 11 is 0. The molecule has 2 heterocycles. The average Bonchev–Trinajstić information content (AvgIpc) is 3.18. The molecule has 6 nitrogen and oxygen atoms in total. The van der Waals surface area contributed by atoms with Gasteiger partial charge in [0.15, 0.2) is 11.5 Å². The van der Waals surface area contributed by atoms with Crippen LogP contribution in [0.2, 0.25) is 0 Å². The van der Waals surface area contributed by atoms with Gasteiger partial charge in [-0.15, -0.1) is 0 Å². The number of aromatic nitrogens is 4. The molecule has 0 saturated carbocycles. The largest absolute Gasteiger partial charge is 0.457 e. The second-order valence-electron chi connectivity index (χ2n) is 7.33. The lowest BCUT2D eigenvalue weighted by Crippen LogP contribution is -2.00. The zero-order valence-electron chi connectivity index (χ0n) is 17.3. The number of hydrogen-bond acceptors (Lipinski definition) is 5. The highest BCUT2D eigenvalue weighted by Crippen LogP contribution is 2.29. The maximum atomic E-state index is 5.89. The fraction of sp³-hybridized carbons (Fsp3) is 0.0800. The molecule has 3 aromatic carbocycles. The van der Waals surface area contributed by atoms with Gasteiger partial charge in [0.2, 0.25) is 0 Å². The summed E-state index contributed by atoms with van der Waals surface area (Å²) in [5.41, 5.74) is 3.84. The molecule has 0 spiro atoms. The first-order valence-corrected chi connectivity index (χ1v) is 10.0. The lowest BCUT2D eigenvalue weighted by atomic mass is 10.2. The summed E-state index contributed by atoms with van der Waals surface area (Å²) in [5.74, 6) is 2.90. The molecular formula is C25H21N5O. The van der Waals surface area contributed by atoms with Crippen LogP contribution in [0, 0.1) is 6.92 Å². The van der Waals surface area contributed by atoms with Crippen molar-refractivity contribution >= 4 is 22.5 Å². The van der Waals surface area contributed by atoms with Crippen molar-refractivity contribution in [2.45, 2.75) is 6.92 Å². The molecule has 5 aromatic rings. The number of para-hydroxylation sites is 1. The van der Waals surface area contributed by atoms with Crippen molar-refractivity contribution in [2.75, 3.05) is 5.32 Å². The summed E-state index contributed by atoms with van der Waals surface area (Å²) in [6, 6.07) is 25.7. The smallest absolute Gasteiger partial charge is 0.164 e. The van der Waals surface area contributed by atoms with Crippen LogP contribution in [0.25, 0.3) is 22.4 Å². The Morgan fingerprint density at radius 2 is 1.52 bits per heavy atom. The van der Waals surface area contributed by atoms with Crippen molar-refractivity contribution in [3.8, 4) is 22.9 Å². The Labute approximate surface area is 180 Å². The Bertz CT molecular complexity index is 1330. The molecule has 0 aliphatic rings. The lowest BCUT2D eigenvalue weighted by Gasteiger charge is -2.10. The van der Waals surface area contributed by atoms with Crippen molar-refractivity contribution in [3.63, 3.8) is 0 Å². The van der Waals surface area contributed by atoms with Crippen molar-refractivity contribution in [1.29, 1.82) is 0 Å². The first kappa shape index (κ1) is 18.8. The fourth-order valence-electron chi connectivity index (χ4n) is 3.32. The Morgan fingerprint density at radius 3 is 2.26 bits per heavy atom. The highest BCUT2D eigenvalue weighted by molar-refractivity contribution is 5.90. The van der Waals surface area contributed by atoms with Crippen LogP contribution in [-0.4, -0.2) is 19.7 Å². The highest BCUT2D eigenvalue weighted by atomic mass is 16.5. The van der Waals surface area contributed by atoms with E-state index in [-0.39, 0.29) is 0 Å². The molecule has 0 unspecified atom stereocenters. The third-order valence-electron chi connectivity index (χ3n) is 5.00. The Balaban J connectivity index is 1.49. The number of anilines is 2. The van der Waals surface area contributed by atoms with Crippen LogP contribution in [0.3, 0.4) is 0 Å². The van der Waals surface area contributed by atoms with Gasteiger partial charge in [0.1, 0.15) is 17.3 Å². The maximum Gasteiger partial charge on any atom is 0.164 e. The Morgan fingerprint density at radius 1 is 0.806 bits per heavy atom. The summed E-state index contributed by atoms with van der Waals surface area (Å²) < 4.78 is 7.65. The van der Waals surface area contributed by atoms with E-state index in [1.165, 1.54) is 5.56 Å². The van der Waals surface area contributed by atoms with E-state index >= 15 is 0 Å². The first-order valence-electron chi connectivity index (χ1n) is 10.0. The molecular weight excluding hydrogens is 386 g/mol. The predicted molar refractivity (Wildman–Crippen MR) is 123 cm³/mol. The molecule has 0 amide bonds. The summed E-state index contributed by atoms with van der Waals surface area (Å²) in [6.45, 7) is 2.07. The minimum absolute atomic E-state index is 0.622. The zero-order valence-corrected chi connectivity index (χ0v) is 17.3. The van der Waals surface area contributed by atoms with Crippen LogP contribution < -0.4 is 10.1 Å². The van der Waals surface area contributed by atoms with Gasteiger partial charge in [-0.2, -0.15) is 5.10 Å². The van der Waals surface area contributed by atoms with Gasteiger partial charge in [-0.05, 0) is 55.5 Å². The quantitative estimate of drug-likeness (QED) is 0.394. The number of hydrogen-bond donors (Lipinski definition) is 1. The maximum absolute atomic E-state index is 5.89. The van der Waals surface area contributed by atoms with Gasteiger partial charge < -0.3 is 10.1 Å². The minimum atomic E-state index is 0.622. The van der Waals surface area contributed by atoms with E-state index < -0.39 is 0 Å². The SMILES string of the molecule is Cc1ccc(Nc2nc(-c3ccc(Oc4ccccc4)cc3)nc3c2cnn3C)cc1. The van der Waals surface area contributed by atoms with E-state index in [4.69, 9.17) is 14.7 Å². The number of nitrogens with one attached hydrogen (secondary N) is 1. The third kappa shape index (κ3) is 3.96. The van der Waals surface area contributed by atoms with Gasteiger partial charge in [0, 0.05) is 18.3 Å². The predicted octanol–water partition coefficient (Wildman–Crippen LogP) is 5.87. The Kier molecular flexibility index (Phi) is 4.80. The monoisotopic (exact) mass is 407 g/mol. The topological polar surface area (TPSA) is 64.9 Å². The summed E-state index contributed by atoms with van der Waals surface area (Å²) in [4.78, 5) is 9.54. The highest BCUT2D eigenvalue weighted by Gasteiger charge is 2.13. The van der Waals surface area contributed by atoms with Crippen molar-refractivity contribution in [2.24, 2.45) is 7.05 Å². The van der Waals surface area contributed by atoms with Gasteiger partial charge in [-0.3, -0.25) is 4.68 Å². The van der Waals surface area contributed by atoms with Crippen molar-refractivity contribution < 1.29 is 4.74 Å². The van der Waals surface area contributed by atoms with E-state index in [0.29, 0.717) is 5.82 Å². The summed E-state index contributed by atoms with van der Waals surface area (Å²) in [7, 11) is 1.88. The minimum Gasteiger partial charge on any atom is -0.457 e. The molecule has 0 aliphatic heterocycles. The van der Waals surface area contributed by atoms with Crippen molar-refractivity contribution in [3.05, 3.63) is 90.6 Å². The lowest BCUT2D eigenvalue weighted by molar-refractivity contribution is 0.483. The normalized spacial score (nSPS) is 10.9. The summed E-state index contributed by atoms with van der Waals surface area (Å²) in [6.07, 6.45) is 1.78. The number of benzene rings is 3. The molecule has 6 heteroatoms. The molecule has 0 fully saturated rings. The van der Waals surface area contributed by atoms with Crippen LogP contribution in [0.1, 0.15) is 5.56 Å².